The maximum atomic E-state index is 10.5. The zero-order valence-electron chi connectivity index (χ0n) is 11.2. The van der Waals surface area contributed by atoms with Crippen molar-refractivity contribution in [2.45, 2.75) is 18.9 Å². The van der Waals surface area contributed by atoms with Crippen molar-refractivity contribution in [1.29, 1.82) is 0 Å². The summed E-state index contributed by atoms with van der Waals surface area (Å²) in [6.45, 7) is 0. The summed E-state index contributed by atoms with van der Waals surface area (Å²) in [6, 6.07) is 16.6. The highest BCUT2D eigenvalue weighted by molar-refractivity contribution is 9.09. The molecular weight excluding hydrogens is 312 g/mol. The van der Waals surface area contributed by atoms with Crippen molar-refractivity contribution < 1.29 is 5.11 Å². The van der Waals surface area contributed by atoms with Crippen LogP contribution in [-0.4, -0.2) is 10.4 Å². The number of hydrogen-bond donors (Lipinski definition) is 1. The number of aliphatic hydroxyl groups excluding tert-OH is 1. The highest BCUT2D eigenvalue weighted by Gasteiger charge is 2.22. The Morgan fingerprint density at radius 3 is 2.55 bits per heavy atom. The summed E-state index contributed by atoms with van der Waals surface area (Å²) in [5.41, 5.74) is 5.90. The molecule has 1 nitrogen and oxygen atoms in total. The molecule has 0 amide bonds. The van der Waals surface area contributed by atoms with E-state index in [0.717, 1.165) is 22.9 Å². The van der Waals surface area contributed by atoms with Crippen molar-refractivity contribution in [3.63, 3.8) is 0 Å². The van der Waals surface area contributed by atoms with Gasteiger partial charge in [-0.2, -0.15) is 0 Å². The lowest BCUT2D eigenvalue weighted by Gasteiger charge is -2.12. The Morgan fingerprint density at radius 1 is 1.05 bits per heavy atom. The number of benzene rings is 2. The second kappa shape index (κ2) is 5.94. The molecular formula is C18H17BrO. The summed E-state index contributed by atoms with van der Waals surface area (Å²) in [5, 5.41) is 11.4. The van der Waals surface area contributed by atoms with Crippen LogP contribution >= 0.6 is 15.9 Å². The van der Waals surface area contributed by atoms with Crippen molar-refractivity contribution in [3.8, 4) is 0 Å². The fourth-order valence-corrected chi connectivity index (χ4v) is 3.10. The van der Waals surface area contributed by atoms with Crippen LogP contribution in [0.4, 0.5) is 0 Å². The Kier molecular flexibility index (Phi) is 4.04. The van der Waals surface area contributed by atoms with E-state index in [1.54, 1.807) is 0 Å². The van der Waals surface area contributed by atoms with Crippen molar-refractivity contribution in [2.75, 3.05) is 5.33 Å². The first-order valence-corrected chi connectivity index (χ1v) is 8.05. The molecule has 0 fully saturated rings. The van der Waals surface area contributed by atoms with Crippen LogP contribution in [0.3, 0.4) is 0 Å². The van der Waals surface area contributed by atoms with Gasteiger partial charge in [0.05, 0.1) is 6.10 Å². The molecule has 2 aromatic rings. The van der Waals surface area contributed by atoms with Gasteiger partial charge in [-0.1, -0.05) is 70.5 Å². The smallest absolute Gasteiger partial charge is 0.0836 e. The lowest BCUT2D eigenvalue weighted by atomic mass is 9.93. The van der Waals surface area contributed by atoms with Crippen molar-refractivity contribution in [2.24, 2.45) is 0 Å². The first kappa shape index (κ1) is 13.6. The molecule has 0 heterocycles. The van der Waals surface area contributed by atoms with Crippen LogP contribution in [0.25, 0.3) is 5.57 Å². The monoisotopic (exact) mass is 328 g/mol. The zero-order chi connectivity index (χ0) is 13.9. The minimum absolute atomic E-state index is 0.428. The number of rotatable bonds is 2. The van der Waals surface area contributed by atoms with Gasteiger partial charge in [-0.25, -0.2) is 0 Å². The van der Waals surface area contributed by atoms with Gasteiger partial charge in [-0.05, 0) is 34.2 Å². The average Bonchev–Trinajstić information content (AvgIpc) is 2.60. The molecule has 2 aromatic carbocycles. The van der Waals surface area contributed by atoms with Gasteiger partial charge in [0.2, 0.25) is 0 Å². The van der Waals surface area contributed by atoms with Gasteiger partial charge in [0.15, 0.2) is 0 Å². The number of hydrogen-bond acceptors (Lipinski definition) is 1. The molecule has 0 unspecified atom stereocenters. The molecule has 0 spiro atoms. The lowest BCUT2D eigenvalue weighted by Crippen LogP contribution is -2.01. The van der Waals surface area contributed by atoms with Gasteiger partial charge >= 0.3 is 0 Å². The average molecular weight is 329 g/mol. The molecule has 1 atom stereocenters. The SMILES string of the molecule is O[C@@H]1Cc2ccccc2/C(=C\CCBr)c2ccccc21. The van der Waals surface area contributed by atoms with Crippen LogP contribution < -0.4 is 0 Å². The topological polar surface area (TPSA) is 20.2 Å². The summed E-state index contributed by atoms with van der Waals surface area (Å²) in [5.74, 6) is 0. The Bertz CT molecular complexity index is 645. The van der Waals surface area contributed by atoms with Gasteiger partial charge in [0.25, 0.3) is 0 Å². The molecule has 0 radical (unpaired) electrons. The predicted octanol–water partition coefficient (Wildman–Crippen LogP) is 4.49. The van der Waals surface area contributed by atoms with Crippen LogP contribution in [0.1, 0.15) is 34.8 Å². The standard InChI is InChI=1S/C18H17BrO/c19-11-5-10-15-14-7-2-1-6-13(14)12-18(20)17-9-4-3-8-16(15)17/h1-4,6-10,18,20H,5,11-12H2/b15-10+/t18-/m1/s1. The highest BCUT2D eigenvalue weighted by Crippen LogP contribution is 2.37. The lowest BCUT2D eigenvalue weighted by molar-refractivity contribution is 0.179. The number of alkyl halides is 1. The number of halogens is 1. The van der Waals surface area contributed by atoms with Gasteiger partial charge < -0.3 is 5.11 Å². The Hall–Kier alpha value is -1.38. The van der Waals surface area contributed by atoms with Gasteiger partial charge in [-0.15, -0.1) is 0 Å². The molecule has 0 aliphatic heterocycles. The maximum absolute atomic E-state index is 10.5. The van der Waals surface area contributed by atoms with Crippen LogP contribution in [0.5, 0.6) is 0 Å². The fourth-order valence-electron chi connectivity index (χ4n) is 2.88. The molecule has 2 heteroatoms. The molecule has 1 aliphatic carbocycles. The van der Waals surface area contributed by atoms with E-state index in [0.29, 0.717) is 6.42 Å². The quantitative estimate of drug-likeness (QED) is 0.805. The second-order valence-electron chi connectivity index (χ2n) is 5.06. The van der Waals surface area contributed by atoms with Crippen LogP contribution in [-0.2, 0) is 6.42 Å². The molecule has 0 saturated carbocycles. The Balaban J connectivity index is 2.24. The minimum atomic E-state index is -0.428. The zero-order valence-corrected chi connectivity index (χ0v) is 12.8. The normalized spacial score (nSPS) is 19.3. The summed E-state index contributed by atoms with van der Waals surface area (Å²) in [7, 11) is 0. The molecule has 3 rings (SSSR count). The van der Waals surface area contributed by atoms with E-state index in [-0.39, 0.29) is 0 Å². The summed E-state index contributed by atoms with van der Waals surface area (Å²) >= 11 is 3.49. The molecule has 0 bridgehead atoms. The number of allylic oxidation sites excluding steroid dienone is 1. The minimum Gasteiger partial charge on any atom is -0.388 e. The predicted molar refractivity (Wildman–Crippen MR) is 87.0 cm³/mol. The fraction of sp³-hybridized carbons (Fsp3) is 0.222. The summed E-state index contributed by atoms with van der Waals surface area (Å²) in [4.78, 5) is 0. The third kappa shape index (κ3) is 2.46. The summed E-state index contributed by atoms with van der Waals surface area (Å²) in [6.07, 6.45) is 3.50. The van der Waals surface area contributed by atoms with E-state index in [9.17, 15) is 5.11 Å². The van der Waals surface area contributed by atoms with E-state index in [4.69, 9.17) is 0 Å². The maximum Gasteiger partial charge on any atom is 0.0836 e. The molecule has 0 saturated heterocycles. The molecule has 102 valence electrons. The highest BCUT2D eigenvalue weighted by atomic mass is 79.9. The van der Waals surface area contributed by atoms with E-state index in [2.05, 4.69) is 46.3 Å². The number of aliphatic hydroxyl groups is 1. The first-order chi connectivity index (χ1) is 9.81. The molecule has 1 N–H and O–H groups in total. The van der Waals surface area contributed by atoms with Gasteiger partial charge in [-0.3, -0.25) is 0 Å². The molecule has 20 heavy (non-hydrogen) atoms. The second-order valence-corrected chi connectivity index (χ2v) is 5.85. The third-order valence-electron chi connectivity index (χ3n) is 3.79. The van der Waals surface area contributed by atoms with E-state index in [1.807, 2.05) is 24.3 Å². The Labute approximate surface area is 128 Å². The first-order valence-electron chi connectivity index (χ1n) is 6.93. The van der Waals surface area contributed by atoms with Gasteiger partial charge in [0.1, 0.15) is 0 Å². The molecule has 1 aliphatic rings. The van der Waals surface area contributed by atoms with Gasteiger partial charge in [0, 0.05) is 11.8 Å². The van der Waals surface area contributed by atoms with E-state index in [1.165, 1.54) is 16.7 Å². The number of fused-ring (bicyclic) bond motifs is 2. The van der Waals surface area contributed by atoms with Crippen LogP contribution in [0.2, 0.25) is 0 Å². The van der Waals surface area contributed by atoms with Crippen LogP contribution in [0, 0.1) is 0 Å². The Morgan fingerprint density at radius 2 is 1.75 bits per heavy atom. The molecule has 0 aromatic heterocycles. The summed E-state index contributed by atoms with van der Waals surface area (Å²) < 4.78 is 0. The third-order valence-corrected chi connectivity index (χ3v) is 4.25. The van der Waals surface area contributed by atoms with Crippen molar-refractivity contribution >= 4 is 21.5 Å². The largest absolute Gasteiger partial charge is 0.388 e. The van der Waals surface area contributed by atoms with Crippen molar-refractivity contribution in [1.82, 2.24) is 0 Å². The van der Waals surface area contributed by atoms with Crippen molar-refractivity contribution in [3.05, 3.63) is 76.9 Å². The van der Waals surface area contributed by atoms with E-state index < -0.39 is 6.10 Å². The van der Waals surface area contributed by atoms with Crippen LogP contribution in [0.15, 0.2) is 54.6 Å². The van der Waals surface area contributed by atoms with E-state index >= 15 is 0 Å².